The molecule has 1 aliphatic heterocycles. The number of carbonyl (C=O) groups is 1. The summed E-state index contributed by atoms with van der Waals surface area (Å²) in [5.41, 5.74) is -0.140. The first kappa shape index (κ1) is 21.4. The van der Waals surface area contributed by atoms with Crippen LogP contribution in [0.15, 0.2) is 6.33 Å². The molecule has 9 nitrogen and oxygen atoms in total. The molecule has 0 radical (unpaired) electrons. The van der Waals surface area contributed by atoms with Crippen LogP contribution in [0, 0.1) is 11.8 Å². The van der Waals surface area contributed by atoms with E-state index in [0.717, 1.165) is 0 Å². The summed E-state index contributed by atoms with van der Waals surface area (Å²) in [5.74, 6) is -0.356. The average Bonchev–Trinajstić information content (AvgIpc) is 3.21. The SMILES string of the molecule is CC[C@]1(CO)O[C@@H](n2cnc3c(N(C)C)nc(NC(=O)C(C)C)nc32)[C@H](F)[C@@H]1C. The maximum atomic E-state index is 15.2. The molecule has 0 saturated carbocycles. The number of alkyl halides is 1. The molecule has 1 fully saturated rings. The van der Waals surface area contributed by atoms with Crippen molar-refractivity contribution in [3.05, 3.63) is 6.33 Å². The Labute approximate surface area is 169 Å². The molecular formula is C19H29FN6O3. The Kier molecular flexibility index (Phi) is 5.77. The molecule has 1 saturated heterocycles. The normalized spacial score (nSPS) is 27.0. The predicted octanol–water partition coefficient (Wildman–Crippen LogP) is 2.13. The number of anilines is 2. The lowest BCUT2D eigenvalue weighted by Crippen LogP contribution is -2.39. The average molecular weight is 408 g/mol. The molecule has 4 atom stereocenters. The zero-order valence-electron chi connectivity index (χ0n) is 17.7. The lowest BCUT2D eigenvalue weighted by atomic mass is 9.86. The monoisotopic (exact) mass is 408 g/mol. The first-order chi connectivity index (χ1) is 13.6. The molecule has 1 aliphatic rings. The second kappa shape index (κ2) is 7.83. The molecular weight excluding hydrogens is 379 g/mol. The van der Waals surface area contributed by atoms with Gasteiger partial charge in [-0.2, -0.15) is 9.97 Å². The predicted molar refractivity (Wildman–Crippen MR) is 107 cm³/mol. The number of hydrogen-bond acceptors (Lipinski definition) is 7. The molecule has 0 spiro atoms. The summed E-state index contributed by atoms with van der Waals surface area (Å²) in [6, 6.07) is 0. The number of aliphatic hydroxyl groups excluding tert-OH is 1. The van der Waals surface area contributed by atoms with E-state index in [1.54, 1.807) is 39.8 Å². The number of amides is 1. The van der Waals surface area contributed by atoms with Gasteiger partial charge in [0.2, 0.25) is 11.9 Å². The van der Waals surface area contributed by atoms with Crippen LogP contribution in [0.4, 0.5) is 16.2 Å². The Balaban J connectivity index is 2.10. The van der Waals surface area contributed by atoms with E-state index >= 15 is 4.39 Å². The summed E-state index contributed by atoms with van der Waals surface area (Å²) >= 11 is 0. The van der Waals surface area contributed by atoms with E-state index in [1.165, 1.54) is 10.9 Å². The minimum absolute atomic E-state index is 0.118. The molecule has 2 N–H and O–H groups in total. The summed E-state index contributed by atoms with van der Waals surface area (Å²) in [7, 11) is 3.60. The van der Waals surface area contributed by atoms with E-state index in [-0.39, 0.29) is 24.4 Å². The molecule has 0 bridgehead atoms. The minimum atomic E-state index is -1.36. The van der Waals surface area contributed by atoms with Crippen molar-refractivity contribution >= 4 is 28.8 Å². The number of rotatable bonds is 6. The fraction of sp³-hybridized carbons (Fsp3) is 0.684. The van der Waals surface area contributed by atoms with Crippen molar-refractivity contribution in [3.8, 4) is 0 Å². The van der Waals surface area contributed by atoms with Crippen LogP contribution in [0.3, 0.4) is 0 Å². The third-order valence-electron chi connectivity index (χ3n) is 5.66. The molecule has 0 unspecified atom stereocenters. The van der Waals surface area contributed by atoms with Crippen molar-refractivity contribution in [2.45, 2.75) is 52.1 Å². The number of ether oxygens (including phenoxy) is 1. The van der Waals surface area contributed by atoms with Gasteiger partial charge in [0.05, 0.1) is 18.5 Å². The first-order valence-corrected chi connectivity index (χ1v) is 9.80. The van der Waals surface area contributed by atoms with Crippen molar-refractivity contribution in [2.75, 3.05) is 30.9 Å². The highest BCUT2D eigenvalue weighted by Crippen LogP contribution is 2.45. The van der Waals surface area contributed by atoms with Crippen molar-refractivity contribution in [2.24, 2.45) is 11.8 Å². The number of fused-ring (bicyclic) bond motifs is 1. The number of halogens is 1. The van der Waals surface area contributed by atoms with Gasteiger partial charge >= 0.3 is 0 Å². The summed E-state index contributed by atoms with van der Waals surface area (Å²) in [6.45, 7) is 6.86. The lowest BCUT2D eigenvalue weighted by Gasteiger charge is -2.29. The summed E-state index contributed by atoms with van der Waals surface area (Å²) in [4.78, 5) is 27.1. The van der Waals surface area contributed by atoms with Gasteiger partial charge in [0.25, 0.3) is 0 Å². The minimum Gasteiger partial charge on any atom is -0.393 e. The number of aliphatic hydroxyl groups is 1. The summed E-state index contributed by atoms with van der Waals surface area (Å²) in [6.07, 6.45) is -0.401. The van der Waals surface area contributed by atoms with E-state index in [2.05, 4.69) is 20.3 Å². The van der Waals surface area contributed by atoms with Crippen LogP contribution in [-0.4, -0.2) is 63.0 Å². The highest BCUT2D eigenvalue weighted by Gasteiger charge is 2.53. The Morgan fingerprint density at radius 1 is 1.45 bits per heavy atom. The van der Waals surface area contributed by atoms with E-state index in [0.29, 0.717) is 23.4 Å². The second-order valence-corrected chi connectivity index (χ2v) is 8.05. The van der Waals surface area contributed by atoms with Crippen LogP contribution < -0.4 is 10.2 Å². The van der Waals surface area contributed by atoms with Gasteiger partial charge in [-0.3, -0.25) is 14.7 Å². The molecule has 0 aromatic carbocycles. The Hall–Kier alpha value is -2.33. The summed E-state index contributed by atoms with van der Waals surface area (Å²) < 4.78 is 22.7. The van der Waals surface area contributed by atoms with Crippen LogP contribution >= 0.6 is 0 Å². The quantitative estimate of drug-likeness (QED) is 0.754. The number of nitrogens with one attached hydrogen (secondary N) is 1. The highest BCUT2D eigenvalue weighted by molar-refractivity contribution is 5.92. The number of carbonyl (C=O) groups excluding carboxylic acids is 1. The Morgan fingerprint density at radius 2 is 2.14 bits per heavy atom. The van der Waals surface area contributed by atoms with Crippen LogP contribution in [0.1, 0.15) is 40.3 Å². The number of nitrogens with zero attached hydrogens (tertiary/aromatic N) is 5. The maximum Gasteiger partial charge on any atom is 0.233 e. The first-order valence-electron chi connectivity index (χ1n) is 9.80. The van der Waals surface area contributed by atoms with Gasteiger partial charge in [-0.25, -0.2) is 9.37 Å². The van der Waals surface area contributed by atoms with E-state index in [1.807, 2.05) is 6.92 Å². The lowest BCUT2D eigenvalue weighted by molar-refractivity contribution is -0.118. The Bertz CT molecular complexity index is 895. The van der Waals surface area contributed by atoms with E-state index < -0.39 is 23.9 Å². The van der Waals surface area contributed by atoms with Gasteiger partial charge in [-0.15, -0.1) is 0 Å². The fourth-order valence-corrected chi connectivity index (χ4v) is 3.57. The second-order valence-electron chi connectivity index (χ2n) is 8.05. The maximum absolute atomic E-state index is 15.2. The van der Waals surface area contributed by atoms with Crippen LogP contribution in [0.25, 0.3) is 11.2 Å². The van der Waals surface area contributed by atoms with Gasteiger partial charge in [0.1, 0.15) is 0 Å². The number of hydrogen-bond donors (Lipinski definition) is 2. The largest absolute Gasteiger partial charge is 0.393 e. The zero-order chi connectivity index (χ0) is 21.5. The van der Waals surface area contributed by atoms with Crippen molar-refractivity contribution in [1.82, 2.24) is 19.5 Å². The summed E-state index contributed by atoms with van der Waals surface area (Å²) in [5, 5.41) is 12.5. The number of aromatic nitrogens is 4. The highest BCUT2D eigenvalue weighted by atomic mass is 19.1. The standard InChI is InChI=1S/C19H29FN6O3/c1-7-19(8-27)11(4)12(20)17(29-19)26-9-21-13-14(25(5)6)22-18(23-15(13)26)24-16(28)10(2)3/h9-12,17,27H,7-8H2,1-6H3,(H,22,23,24,28)/t11-,12+,17+,19+/m0/s1. The van der Waals surface area contributed by atoms with Crippen molar-refractivity contribution in [3.63, 3.8) is 0 Å². The zero-order valence-corrected chi connectivity index (χ0v) is 17.7. The van der Waals surface area contributed by atoms with Gasteiger partial charge in [-0.05, 0) is 6.42 Å². The van der Waals surface area contributed by atoms with Gasteiger partial charge in [0.15, 0.2) is 29.4 Å². The molecule has 29 heavy (non-hydrogen) atoms. The molecule has 3 rings (SSSR count). The van der Waals surface area contributed by atoms with E-state index in [9.17, 15) is 9.90 Å². The van der Waals surface area contributed by atoms with Gasteiger partial charge in [0, 0.05) is 25.9 Å². The third-order valence-corrected chi connectivity index (χ3v) is 5.66. The Morgan fingerprint density at radius 3 is 2.66 bits per heavy atom. The van der Waals surface area contributed by atoms with E-state index in [4.69, 9.17) is 4.74 Å². The van der Waals surface area contributed by atoms with Gasteiger partial charge in [-0.1, -0.05) is 27.7 Å². The van der Waals surface area contributed by atoms with Crippen LogP contribution in [-0.2, 0) is 9.53 Å². The molecule has 0 aliphatic carbocycles. The van der Waals surface area contributed by atoms with Crippen molar-refractivity contribution in [1.29, 1.82) is 0 Å². The molecule has 10 heteroatoms. The topological polar surface area (TPSA) is 105 Å². The molecule has 1 amide bonds. The number of imidazole rings is 1. The molecule has 2 aromatic rings. The molecule has 160 valence electrons. The molecule has 2 aromatic heterocycles. The smallest absolute Gasteiger partial charge is 0.233 e. The fourth-order valence-electron chi connectivity index (χ4n) is 3.57. The van der Waals surface area contributed by atoms with Crippen molar-refractivity contribution < 1.29 is 19.0 Å². The molecule has 3 heterocycles. The third kappa shape index (κ3) is 3.55. The van der Waals surface area contributed by atoms with Crippen LogP contribution in [0.5, 0.6) is 0 Å². The van der Waals surface area contributed by atoms with Crippen LogP contribution in [0.2, 0.25) is 0 Å². The van der Waals surface area contributed by atoms with Gasteiger partial charge < -0.3 is 14.7 Å².